The van der Waals surface area contributed by atoms with Gasteiger partial charge in [0.1, 0.15) is 6.17 Å². The number of fused-ring (bicyclic) bond motifs is 1. The fraction of sp³-hybridized carbons (Fsp3) is 0.385. The fourth-order valence-corrected chi connectivity index (χ4v) is 4.31. The van der Waals surface area contributed by atoms with Gasteiger partial charge < -0.3 is 15.1 Å². The molecule has 11 heteroatoms. The number of carbonyl (C=O) groups excluding carboxylic acids is 1. The summed E-state index contributed by atoms with van der Waals surface area (Å²) >= 11 is 0. The van der Waals surface area contributed by atoms with Crippen molar-refractivity contribution in [2.45, 2.75) is 57.7 Å². The third kappa shape index (κ3) is 5.50. The van der Waals surface area contributed by atoms with Crippen LogP contribution in [-0.4, -0.2) is 42.0 Å². The number of benzene rings is 1. The molecule has 0 radical (unpaired) electrons. The Labute approximate surface area is 213 Å². The molecule has 37 heavy (non-hydrogen) atoms. The molecule has 4 aromatic rings. The number of hydrogen-bond donors (Lipinski definition) is 2. The van der Waals surface area contributed by atoms with Crippen LogP contribution in [0, 0.1) is 0 Å². The molecule has 10 nitrogen and oxygen atoms in total. The topological polar surface area (TPSA) is 124 Å². The van der Waals surface area contributed by atoms with Gasteiger partial charge in [0.15, 0.2) is 0 Å². The number of nitrogens with zero attached hydrogens (tertiary/aromatic N) is 6. The van der Waals surface area contributed by atoms with Crippen LogP contribution in [0.5, 0.6) is 0 Å². The second-order valence-corrected chi connectivity index (χ2v) is 10.3. The molecule has 0 saturated carbocycles. The highest BCUT2D eigenvalue weighted by molar-refractivity contribution is 5.89. The van der Waals surface area contributed by atoms with Crippen molar-refractivity contribution < 1.29 is 13.6 Å². The normalized spacial score (nSPS) is 17.6. The Morgan fingerprint density at radius 3 is 2.76 bits per heavy atom. The molecule has 0 fully saturated rings. The molecule has 0 spiro atoms. The lowest BCUT2D eigenvalue weighted by molar-refractivity contribution is 0.0894. The quantitative estimate of drug-likeness (QED) is 0.382. The SMILES string of the molecule is Cn1cc(Nc2nccc(-c3ccc4c(c3)C[C@@H](F)CC[C@H]4NC(=O)c3nnc(C(C)(C)C)o3)n2)cn1. The first kappa shape index (κ1) is 24.5. The number of aryl methyl sites for hydroxylation is 1. The summed E-state index contributed by atoms with van der Waals surface area (Å²) < 4.78 is 22.0. The van der Waals surface area contributed by atoms with E-state index in [0.29, 0.717) is 30.4 Å². The van der Waals surface area contributed by atoms with E-state index in [0.717, 1.165) is 22.4 Å². The molecule has 3 aromatic heterocycles. The third-order valence-corrected chi connectivity index (χ3v) is 6.21. The molecule has 0 saturated heterocycles. The number of rotatable bonds is 5. The summed E-state index contributed by atoms with van der Waals surface area (Å²) in [6, 6.07) is 7.22. The maximum absolute atomic E-state index is 14.7. The molecule has 2 N–H and O–H groups in total. The summed E-state index contributed by atoms with van der Waals surface area (Å²) in [6.07, 6.45) is 5.23. The molecule has 1 aliphatic rings. The van der Waals surface area contributed by atoms with Crippen LogP contribution in [-0.2, 0) is 18.9 Å². The minimum Gasteiger partial charge on any atom is -0.416 e. The summed E-state index contributed by atoms with van der Waals surface area (Å²) in [7, 11) is 1.83. The highest BCUT2D eigenvalue weighted by Gasteiger charge is 2.29. The van der Waals surface area contributed by atoms with E-state index in [9.17, 15) is 9.18 Å². The number of hydrogen-bond acceptors (Lipinski definition) is 8. The van der Waals surface area contributed by atoms with Gasteiger partial charge in [0, 0.05) is 36.8 Å². The summed E-state index contributed by atoms with van der Waals surface area (Å²) in [4.78, 5) is 21.8. The molecule has 1 aromatic carbocycles. The summed E-state index contributed by atoms with van der Waals surface area (Å²) in [5.74, 6) is 0.249. The average Bonchev–Trinajstić information content (AvgIpc) is 3.48. The first-order valence-electron chi connectivity index (χ1n) is 12.2. The number of halogens is 1. The number of alkyl halides is 1. The van der Waals surface area contributed by atoms with Crippen molar-refractivity contribution >= 4 is 17.5 Å². The minimum atomic E-state index is -1.01. The Morgan fingerprint density at radius 2 is 2.03 bits per heavy atom. The smallest absolute Gasteiger partial charge is 0.309 e. The van der Waals surface area contributed by atoms with E-state index < -0.39 is 12.1 Å². The Hall–Kier alpha value is -4.15. The number of carbonyl (C=O) groups is 1. The van der Waals surface area contributed by atoms with Gasteiger partial charge in [-0.1, -0.05) is 32.9 Å². The van der Waals surface area contributed by atoms with E-state index >= 15 is 0 Å². The molecule has 1 amide bonds. The van der Waals surface area contributed by atoms with Gasteiger partial charge in [-0.3, -0.25) is 9.48 Å². The van der Waals surface area contributed by atoms with Crippen molar-refractivity contribution in [1.29, 1.82) is 0 Å². The predicted molar refractivity (Wildman–Crippen MR) is 135 cm³/mol. The van der Waals surface area contributed by atoms with Crippen molar-refractivity contribution in [1.82, 2.24) is 35.3 Å². The van der Waals surface area contributed by atoms with E-state index in [2.05, 4.69) is 35.9 Å². The maximum Gasteiger partial charge on any atom is 0.309 e. The number of anilines is 2. The van der Waals surface area contributed by atoms with Gasteiger partial charge in [0.2, 0.25) is 11.8 Å². The molecule has 0 aliphatic heterocycles. The van der Waals surface area contributed by atoms with Crippen molar-refractivity contribution in [2.75, 3.05) is 5.32 Å². The van der Waals surface area contributed by atoms with Crippen LogP contribution in [0.1, 0.15) is 67.4 Å². The van der Waals surface area contributed by atoms with Crippen LogP contribution in [0.25, 0.3) is 11.3 Å². The summed E-state index contributed by atoms with van der Waals surface area (Å²) in [5.41, 5.74) is 3.64. The lowest BCUT2D eigenvalue weighted by Gasteiger charge is -2.19. The Bertz CT molecular complexity index is 1420. The molecular formula is C26H29FN8O2. The van der Waals surface area contributed by atoms with Gasteiger partial charge in [-0.25, -0.2) is 14.4 Å². The van der Waals surface area contributed by atoms with Gasteiger partial charge in [-0.15, -0.1) is 10.2 Å². The Kier molecular flexibility index (Phi) is 6.45. The number of amides is 1. The molecule has 192 valence electrons. The summed E-state index contributed by atoms with van der Waals surface area (Å²) in [6.45, 7) is 5.79. The Balaban J connectivity index is 1.39. The van der Waals surface area contributed by atoms with Gasteiger partial charge >= 0.3 is 11.8 Å². The monoisotopic (exact) mass is 504 g/mol. The molecule has 0 unspecified atom stereocenters. The number of nitrogens with one attached hydrogen (secondary N) is 2. The van der Waals surface area contributed by atoms with E-state index in [1.165, 1.54) is 0 Å². The van der Waals surface area contributed by atoms with Crippen LogP contribution in [0.4, 0.5) is 16.0 Å². The molecule has 1 aliphatic carbocycles. The van der Waals surface area contributed by atoms with Crippen LogP contribution >= 0.6 is 0 Å². The number of aromatic nitrogens is 6. The molecule has 0 bridgehead atoms. The van der Waals surface area contributed by atoms with E-state index in [-0.39, 0.29) is 23.8 Å². The van der Waals surface area contributed by atoms with E-state index in [1.807, 2.05) is 52.2 Å². The zero-order chi connectivity index (χ0) is 26.2. The van der Waals surface area contributed by atoms with E-state index in [1.54, 1.807) is 23.1 Å². The standard InChI is InChI=1S/C26H29FN8O2/c1-26(2,3)24-34-33-23(37-24)22(36)31-21-8-6-17(27)12-16-11-15(5-7-19(16)21)20-9-10-28-25(32-20)30-18-13-29-35(4)14-18/h5,7,9-11,13-14,17,21H,6,8,12H2,1-4H3,(H,31,36)(H,28,30,32)/t17-,21+/m0/s1. The van der Waals surface area contributed by atoms with Crippen molar-refractivity contribution in [3.05, 3.63) is 65.8 Å². The second kappa shape index (κ2) is 9.72. The van der Waals surface area contributed by atoms with Gasteiger partial charge in [-0.05, 0) is 36.1 Å². The Morgan fingerprint density at radius 1 is 1.19 bits per heavy atom. The van der Waals surface area contributed by atoms with Crippen molar-refractivity contribution in [3.8, 4) is 11.3 Å². The zero-order valence-electron chi connectivity index (χ0n) is 21.2. The van der Waals surface area contributed by atoms with Gasteiger partial charge in [-0.2, -0.15) is 5.10 Å². The molecule has 2 atom stereocenters. The molecular weight excluding hydrogens is 475 g/mol. The third-order valence-electron chi connectivity index (χ3n) is 6.21. The van der Waals surface area contributed by atoms with Gasteiger partial charge in [0.25, 0.3) is 0 Å². The lowest BCUT2D eigenvalue weighted by Crippen LogP contribution is -2.29. The van der Waals surface area contributed by atoms with Crippen molar-refractivity contribution in [2.24, 2.45) is 7.05 Å². The highest BCUT2D eigenvalue weighted by Crippen LogP contribution is 2.33. The van der Waals surface area contributed by atoms with Crippen molar-refractivity contribution in [3.63, 3.8) is 0 Å². The lowest BCUT2D eigenvalue weighted by atomic mass is 9.95. The maximum atomic E-state index is 14.7. The zero-order valence-corrected chi connectivity index (χ0v) is 21.2. The van der Waals surface area contributed by atoms with Crippen LogP contribution in [0.15, 0.2) is 47.3 Å². The summed E-state index contributed by atoms with van der Waals surface area (Å²) in [5, 5.41) is 18.1. The van der Waals surface area contributed by atoms with Crippen LogP contribution < -0.4 is 10.6 Å². The van der Waals surface area contributed by atoms with Crippen LogP contribution in [0.2, 0.25) is 0 Å². The predicted octanol–water partition coefficient (Wildman–Crippen LogP) is 4.45. The first-order valence-corrected chi connectivity index (χ1v) is 12.2. The minimum absolute atomic E-state index is 0.0984. The fourth-order valence-electron chi connectivity index (χ4n) is 4.31. The average molecular weight is 505 g/mol. The molecule has 5 rings (SSSR count). The first-order chi connectivity index (χ1) is 17.7. The van der Waals surface area contributed by atoms with E-state index in [4.69, 9.17) is 4.42 Å². The second-order valence-electron chi connectivity index (χ2n) is 10.3. The van der Waals surface area contributed by atoms with Crippen LogP contribution in [0.3, 0.4) is 0 Å². The highest BCUT2D eigenvalue weighted by atomic mass is 19.1. The largest absolute Gasteiger partial charge is 0.416 e. The van der Waals surface area contributed by atoms with Gasteiger partial charge in [0.05, 0.1) is 23.6 Å². The molecule has 3 heterocycles.